The SMILES string of the molecule is CCC(=O)Oc1ccc(-c2ccc([C@@]3(CC(=O)NOC4CCCCO4)CCCCS3(=O)=O)s2)cc1. The third kappa shape index (κ3) is 5.94. The van der Waals surface area contributed by atoms with Crippen molar-refractivity contribution in [2.24, 2.45) is 0 Å². The Bertz CT molecular complexity index is 1140. The van der Waals surface area contributed by atoms with Crippen LogP contribution in [-0.2, 0) is 33.7 Å². The molecule has 4 rings (SSSR count). The predicted molar refractivity (Wildman–Crippen MR) is 132 cm³/mol. The summed E-state index contributed by atoms with van der Waals surface area (Å²) in [5, 5.41) is 0. The van der Waals surface area contributed by atoms with Crippen LogP contribution in [0.1, 0.15) is 63.2 Å². The summed E-state index contributed by atoms with van der Waals surface area (Å²) in [5.74, 6) is -0.264. The van der Waals surface area contributed by atoms with Crippen molar-refractivity contribution in [3.63, 3.8) is 0 Å². The minimum Gasteiger partial charge on any atom is -0.427 e. The van der Waals surface area contributed by atoms with Crippen molar-refractivity contribution in [1.82, 2.24) is 5.48 Å². The fourth-order valence-electron chi connectivity index (χ4n) is 4.48. The standard InChI is InChI=1S/C25H31NO7S2/c1-2-23(28)32-19-10-8-18(9-11-19)20-12-13-21(34-20)25(14-4-6-16-35(25,29)30)17-22(27)26-33-24-7-3-5-15-31-24/h8-13,24H,2-7,14-17H2,1H3,(H,26,27)/t24?,25-/m0/s1. The Labute approximate surface area is 209 Å². The zero-order valence-electron chi connectivity index (χ0n) is 19.8. The molecule has 2 aliphatic heterocycles. The van der Waals surface area contributed by atoms with E-state index in [1.165, 1.54) is 11.3 Å². The van der Waals surface area contributed by atoms with Crippen LogP contribution in [0.3, 0.4) is 0 Å². The summed E-state index contributed by atoms with van der Waals surface area (Å²) in [5.41, 5.74) is 3.31. The van der Waals surface area contributed by atoms with Gasteiger partial charge in [0, 0.05) is 29.2 Å². The Hall–Kier alpha value is -2.27. The third-order valence-corrected chi connectivity index (χ3v) is 10.5. The highest BCUT2D eigenvalue weighted by molar-refractivity contribution is 7.92. The van der Waals surface area contributed by atoms with Gasteiger partial charge in [0.2, 0.25) is 5.91 Å². The van der Waals surface area contributed by atoms with Crippen molar-refractivity contribution in [3.05, 3.63) is 41.3 Å². The molecule has 190 valence electrons. The molecule has 0 spiro atoms. The first kappa shape index (κ1) is 25.8. The van der Waals surface area contributed by atoms with E-state index in [1.54, 1.807) is 19.1 Å². The second kappa shape index (κ2) is 11.2. The molecule has 35 heavy (non-hydrogen) atoms. The topological polar surface area (TPSA) is 108 Å². The van der Waals surface area contributed by atoms with Crippen LogP contribution < -0.4 is 10.2 Å². The number of amides is 1. The van der Waals surface area contributed by atoms with E-state index in [0.29, 0.717) is 42.9 Å². The minimum absolute atomic E-state index is 0.0532. The summed E-state index contributed by atoms with van der Waals surface area (Å²) in [6, 6.07) is 10.8. The van der Waals surface area contributed by atoms with E-state index in [0.717, 1.165) is 29.7 Å². The Morgan fingerprint density at radius 1 is 1.11 bits per heavy atom. The van der Waals surface area contributed by atoms with Gasteiger partial charge in [0.05, 0.1) is 12.2 Å². The summed E-state index contributed by atoms with van der Waals surface area (Å²) < 4.78 is 36.2. The maximum atomic E-state index is 13.4. The van der Waals surface area contributed by atoms with Crippen molar-refractivity contribution < 1.29 is 32.3 Å². The number of esters is 1. The highest BCUT2D eigenvalue weighted by atomic mass is 32.2. The number of sulfone groups is 1. The van der Waals surface area contributed by atoms with Gasteiger partial charge in [-0.05, 0) is 67.6 Å². The third-order valence-electron chi connectivity index (χ3n) is 6.44. The fourth-order valence-corrected chi connectivity index (χ4v) is 8.26. The molecule has 0 radical (unpaired) electrons. The summed E-state index contributed by atoms with van der Waals surface area (Å²) in [6.45, 7) is 2.31. The normalized spacial score (nSPS) is 24.0. The Balaban J connectivity index is 1.54. The largest absolute Gasteiger partial charge is 0.427 e. The number of benzene rings is 1. The molecule has 0 saturated carbocycles. The van der Waals surface area contributed by atoms with Crippen LogP contribution in [0.15, 0.2) is 36.4 Å². The molecule has 0 bridgehead atoms. The maximum Gasteiger partial charge on any atom is 0.310 e. The van der Waals surface area contributed by atoms with Crippen LogP contribution in [0, 0.1) is 0 Å². The van der Waals surface area contributed by atoms with E-state index in [1.807, 2.05) is 24.3 Å². The molecule has 2 aliphatic rings. The zero-order valence-corrected chi connectivity index (χ0v) is 21.4. The number of carbonyl (C=O) groups is 2. The number of rotatable bonds is 8. The monoisotopic (exact) mass is 521 g/mol. The van der Waals surface area contributed by atoms with Crippen molar-refractivity contribution in [2.75, 3.05) is 12.4 Å². The van der Waals surface area contributed by atoms with E-state index in [9.17, 15) is 18.0 Å². The average molecular weight is 522 g/mol. The molecule has 1 N–H and O–H groups in total. The lowest BCUT2D eigenvalue weighted by molar-refractivity contribution is -0.200. The average Bonchev–Trinajstić information content (AvgIpc) is 3.36. The van der Waals surface area contributed by atoms with Crippen LogP contribution in [0.25, 0.3) is 10.4 Å². The molecular formula is C25H31NO7S2. The number of nitrogens with one attached hydrogen (secondary N) is 1. The fraction of sp³-hybridized carbons (Fsp3) is 0.520. The molecule has 2 atom stereocenters. The van der Waals surface area contributed by atoms with Gasteiger partial charge >= 0.3 is 5.97 Å². The maximum absolute atomic E-state index is 13.4. The number of carbonyl (C=O) groups excluding carboxylic acids is 2. The molecule has 8 nitrogen and oxygen atoms in total. The molecule has 3 heterocycles. The van der Waals surface area contributed by atoms with Gasteiger partial charge in [-0.3, -0.25) is 9.59 Å². The summed E-state index contributed by atoms with van der Waals surface area (Å²) >= 11 is 1.37. The first-order valence-electron chi connectivity index (χ1n) is 12.0. The van der Waals surface area contributed by atoms with E-state index in [4.69, 9.17) is 14.3 Å². The summed E-state index contributed by atoms with van der Waals surface area (Å²) in [7, 11) is -3.56. The zero-order chi connectivity index (χ0) is 24.9. The highest BCUT2D eigenvalue weighted by Gasteiger charge is 2.49. The minimum atomic E-state index is -3.56. The van der Waals surface area contributed by atoms with Crippen molar-refractivity contribution >= 4 is 33.1 Å². The van der Waals surface area contributed by atoms with E-state index in [-0.39, 0.29) is 18.1 Å². The predicted octanol–water partition coefficient (Wildman–Crippen LogP) is 4.49. The lowest BCUT2D eigenvalue weighted by Gasteiger charge is -2.35. The Morgan fingerprint density at radius 3 is 2.60 bits per heavy atom. The van der Waals surface area contributed by atoms with Crippen molar-refractivity contribution in [3.8, 4) is 16.2 Å². The second-order valence-electron chi connectivity index (χ2n) is 8.90. The molecule has 1 amide bonds. The molecule has 0 aliphatic carbocycles. The van der Waals surface area contributed by atoms with Crippen LogP contribution in [0.5, 0.6) is 5.75 Å². The number of hydroxylamine groups is 1. The van der Waals surface area contributed by atoms with Gasteiger partial charge in [0.25, 0.3) is 0 Å². The second-order valence-corrected chi connectivity index (χ2v) is 12.4. The van der Waals surface area contributed by atoms with E-state index in [2.05, 4.69) is 5.48 Å². The summed E-state index contributed by atoms with van der Waals surface area (Å²) in [6.07, 6.45) is 3.90. The summed E-state index contributed by atoms with van der Waals surface area (Å²) in [4.78, 5) is 31.3. The van der Waals surface area contributed by atoms with Crippen LogP contribution in [0.4, 0.5) is 0 Å². The van der Waals surface area contributed by atoms with Gasteiger partial charge in [-0.2, -0.15) is 0 Å². The Kier molecular flexibility index (Phi) is 8.26. The van der Waals surface area contributed by atoms with Crippen molar-refractivity contribution in [1.29, 1.82) is 0 Å². The van der Waals surface area contributed by atoms with Gasteiger partial charge in [-0.25, -0.2) is 18.7 Å². The van der Waals surface area contributed by atoms with Crippen LogP contribution in [-0.4, -0.2) is 38.9 Å². The van der Waals surface area contributed by atoms with Crippen LogP contribution in [0.2, 0.25) is 0 Å². The van der Waals surface area contributed by atoms with Gasteiger partial charge in [-0.15, -0.1) is 11.3 Å². The number of thiophene rings is 1. The molecule has 1 aromatic heterocycles. The van der Waals surface area contributed by atoms with Gasteiger partial charge in [-0.1, -0.05) is 13.3 Å². The molecule has 2 aromatic rings. The molecule has 2 fully saturated rings. The lowest BCUT2D eigenvalue weighted by Crippen LogP contribution is -2.45. The molecule has 1 unspecified atom stereocenters. The Morgan fingerprint density at radius 2 is 1.91 bits per heavy atom. The molecule has 1 aromatic carbocycles. The van der Waals surface area contributed by atoms with Gasteiger partial charge in [0.15, 0.2) is 16.1 Å². The highest BCUT2D eigenvalue weighted by Crippen LogP contribution is 2.47. The first-order chi connectivity index (χ1) is 16.8. The first-order valence-corrected chi connectivity index (χ1v) is 14.5. The van der Waals surface area contributed by atoms with E-state index < -0.39 is 26.8 Å². The van der Waals surface area contributed by atoms with E-state index >= 15 is 0 Å². The molecule has 2 saturated heterocycles. The van der Waals surface area contributed by atoms with Crippen LogP contribution >= 0.6 is 11.3 Å². The smallest absolute Gasteiger partial charge is 0.310 e. The van der Waals surface area contributed by atoms with Gasteiger partial charge < -0.3 is 9.47 Å². The number of hydrogen-bond acceptors (Lipinski definition) is 8. The van der Waals surface area contributed by atoms with Crippen molar-refractivity contribution in [2.45, 2.75) is 69.3 Å². The number of ether oxygens (including phenoxy) is 2. The van der Waals surface area contributed by atoms with Gasteiger partial charge in [0.1, 0.15) is 10.5 Å². The molecule has 10 heteroatoms. The molecular weight excluding hydrogens is 490 g/mol. The quantitative estimate of drug-likeness (QED) is 0.310. The lowest BCUT2D eigenvalue weighted by atomic mass is 9.94. The number of hydrogen-bond donors (Lipinski definition) is 1.